The Balaban J connectivity index is 1.45. The van der Waals surface area contributed by atoms with Crippen molar-refractivity contribution in [3.05, 3.63) is 57.5 Å². The van der Waals surface area contributed by atoms with Crippen LogP contribution in [0.25, 0.3) is 16.9 Å². The Kier molecular flexibility index (Phi) is 6.03. The Morgan fingerprint density at radius 2 is 2.18 bits per heavy atom. The fourth-order valence-corrected chi connectivity index (χ4v) is 4.71. The van der Waals surface area contributed by atoms with Gasteiger partial charge in [0.1, 0.15) is 23.3 Å². The molecule has 10 nitrogen and oxygen atoms in total. The van der Waals surface area contributed by atoms with Gasteiger partial charge in [-0.1, -0.05) is 0 Å². The molecule has 0 unspecified atom stereocenters. The summed E-state index contributed by atoms with van der Waals surface area (Å²) in [5, 5.41) is 8.00. The molecule has 1 aliphatic heterocycles. The van der Waals surface area contributed by atoms with Crippen molar-refractivity contribution in [2.75, 3.05) is 25.5 Å². The molecule has 1 amide bonds. The van der Waals surface area contributed by atoms with Crippen LogP contribution < -0.4 is 25.8 Å². The number of nitrogens with one attached hydrogen (secondary N) is 2. The van der Waals surface area contributed by atoms with Gasteiger partial charge in [-0.2, -0.15) is 0 Å². The van der Waals surface area contributed by atoms with E-state index in [1.54, 1.807) is 29.3 Å². The molecule has 176 valence electrons. The Morgan fingerprint density at radius 1 is 1.29 bits per heavy atom. The average molecular weight is 481 g/mol. The summed E-state index contributed by atoms with van der Waals surface area (Å²) in [5.41, 5.74) is 1.60. The van der Waals surface area contributed by atoms with Crippen LogP contribution in [0.3, 0.4) is 0 Å². The summed E-state index contributed by atoms with van der Waals surface area (Å²) in [7, 11) is 3.23. The maximum absolute atomic E-state index is 13.1. The third kappa shape index (κ3) is 4.15. The van der Waals surface area contributed by atoms with Crippen molar-refractivity contribution in [3.8, 4) is 17.3 Å². The molecule has 0 aliphatic carbocycles. The number of carbonyl (C=O) groups excluding carboxylic acids is 1. The molecule has 0 bridgehead atoms. The number of imidazole rings is 1. The average Bonchev–Trinajstić information content (AvgIpc) is 3.43. The molecule has 4 aromatic rings. The molecule has 1 saturated heterocycles. The first-order chi connectivity index (χ1) is 16.5. The number of piperidine rings is 1. The monoisotopic (exact) mass is 480 g/mol. The minimum Gasteiger partial charge on any atom is -0.494 e. The van der Waals surface area contributed by atoms with E-state index in [-0.39, 0.29) is 16.8 Å². The molecule has 11 heteroatoms. The van der Waals surface area contributed by atoms with E-state index in [4.69, 9.17) is 9.47 Å². The Morgan fingerprint density at radius 3 is 2.97 bits per heavy atom. The van der Waals surface area contributed by atoms with Gasteiger partial charge in [0.05, 0.1) is 24.3 Å². The molecule has 1 aromatic carbocycles. The highest BCUT2D eigenvalue weighted by atomic mass is 32.1. The lowest BCUT2D eigenvalue weighted by Gasteiger charge is -2.24. The van der Waals surface area contributed by atoms with Crippen LogP contribution in [0.15, 0.2) is 46.8 Å². The van der Waals surface area contributed by atoms with E-state index < -0.39 is 5.91 Å². The number of carbonyl (C=O) groups is 1. The van der Waals surface area contributed by atoms with Crippen LogP contribution in [0.5, 0.6) is 11.5 Å². The van der Waals surface area contributed by atoms with Crippen LogP contribution in [0, 0.1) is 0 Å². The second-order valence-corrected chi connectivity index (χ2v) is 8.81. The highest BCUT2D eigenvalue weighted by molar-refractivity contribution is 7.12. The van der Waals surface area contributed by atoms with Gasteiger partial charge in [0.25, 0.3) is 5.91 Å². The largest absolute Gasteiger partial charge is 0.494 e. The van der Waals surface area contributed by atoms with Gasteiger partial charge in [-0.3, -0.25) is 14.3 Å². The van der Waals surface area contributed by atoms with Gasteiger partial charge >= 0.3 is 5.69 Å². The van der Waals surface area contributed by atoms with E-state index >= 15 is 0 Å². The summed E-state index contributed by atoms with van der Waals surface area (Å²) in [4.78, 5) is 34.3. The van der Waals surface area contributed by atoms with E-state index in [2.05, 4.69) is 20.6 Å². The molecule has 34 heavy (non-hydrogen) atoms. The van der Waals surface area contributed by atoms with Gasteiger partial charge in [0.15, 0.2) is 10.8 Å². The van der Waals surface area contributed by atoms with Crippen LogP contribution >= 0.6 is 11.3 Å². The maximum atomic E-state index is 13.1. The van der Waals surface area contributed by atoms with Crippen LogP contribution in [0.2, 0.25) is 0 Å². The van der Waals surface area contributed by atoms with Crippen molar-refractivity contribution < 1.29 is 14.3 Å². The summed E-state index contributed by atoms with van der Waals surface area (Å²) >= 11 is 1.15. The summed E-state index contributed by atoms with van der Waals surface area (Å²) in [6.07, 6.45) is 5.22. The number of amides is 1. The number of methoxy groups -OCH3 is 1. The summed E-state index contributed by atoms with van der Waals surface area (Å²) in [6.45, 7) is 1.80. The molecular formula is C23H24N6O4S. The SMILES string of the molecule is COc1ccncc1NC(=O)c1nc(-n2c(=O)n(C)c3ccc(O[C@H]4CCCNC4)cc32)cs1. The molecule has 0 saturated carbocycles. The first-order valence-electron chi connectivity index (χ1n) is 10.9. The van der Waals surface area contributed by atoms with E-state index in [9.17, 15) is 9.59 Å². The topological polar surface area (TPSA) is 112 Å². The van der Waals surface area contributed by atoms with Crippen molar-refractivity contribution in [3.63, 3.8) is 0 Å². The zero-order valence-corrected chi connectivity index (χ0v) is 19.6. The number of fused-ring (bicyclic) bond motifs is 1. The normalized spacial score (nSPS) is 15.9. The number of rotatable bonds is 6. The number of aryl methyl sites for hydroxylation is 1. The number of thiazole rings is 1. The van der Waals surface area contributed by atoms with Gasteiger partial charge in [-0.05, 0) is 31.5 Å². The zero-order chi connectivity index (χ0) is 23.7. The number of benzene rings is 1. The van der Waals surface area contributed by atoms with Gasteiger partial charge in [-0.25, -0.2) is 14.3 Å². The van der Waals surface area contributed by atoms with Crippen molar-refractivity contribution >= 4 is 34.0 Å². The van der Waals surface area contributed by atoms with Crippen molar-refractivity contribution in [2.24, 2.45) is 7.05 Å². The summed E-state index contributed by atoms with van der Waals surface area (Å²) in [6, 6.07) is 7.25. The van der Waals surface area contributed by atoms with E-state index in [0.29, 0.717) is 28.5 Å². The minimum absolute atomic E-state index is 0.0918. The molecule has 1 atom stereocenters. The van der Waals surface area contributed by atoms with E-state index in [1.165, 1.54) is 17.9 Å². The predicted octanol–water partition coefficient (Wildman–Crippen LogP) is 2.57. The van der Waals surface area contributed by atoms with Gasteiger partial charge in [0.2, 0.25) is 0 Å². The Hall–Kier alpha value is -3.70. The quantitative estimate of drug-likeness (QED) is 0.436. The molecule has 1 aliphatic rings. The van der Waals surface area contributed by atoms with Gasteiger partial charge in [0, 0.05) is 37.3 Å². The number of nitrogens with zero attached hydrogens (tertiary/aromatic N) is 4. The lowest BCUT2D eigenvalue weighted by molar-refractivity contribution is 0.102. The third-order valence-corrected chi connectivity index (χ3v) is 6.57. The molecule has 2 N–H and O–H groups in total. The fourth-order valence-electron chi connectivity index (χ4n) is 4.03. The van der Waals surface area contributed by atoms with Crippen LogP contribution in [0.4, 0.5) is 5.69 Å². The fraction of sp³-hybridized carbons (Fsp3) is 0.304. The number of hydrogen-bond acceptors (Lipinski definition) is 8. The van der Waals surface area contributed by atoms with E-state index in [0.717, 1.165) is 42.8 Å². The van der Waals surface area contributed by atoms with Crippen molar-refractivity contribution in [1.29, 1.82) is 0 Å². The van der Waals surface area contributed by atoms with E-state index in [1.807, 2.05) is 18.2 Å². The second-order valence-electron chi connectivity index (χ2n) is 7.95. The molecule has 4 heterocycles. The molecule has 5 rings (SSSR count). The Bertz CT molecular complexity index is 1400. The highest BCUT2D eigenvalue weighted by Gasteiger charge is 2.20. The molecule has 3 aromatic heterocycles. The van der Waals surface area contributed by atoms with Crippen molar-refractivity contribution in [1.82, 2.24) is 24.4 Å². The molecule has 0 spiro atoms. The number of aromatic nitrogens is 4. The molecule has 0 radical (unpaired) electrons. The standard InChI is InChI=1S/C23H24N6O4S/c1-28-17-6-5-14(33-15-4-3-8-24-11-15)10-18(17)29(23(28)31)20-13-34-22(27-20)21(30)26-16-12-25-9-7-19(16)32-2/h5-7,9-10,12-13,15,24H,3-4,8,11H2,1-2H3,(H,26,30)/t15-/m0/s1. The predicted molar refractivity (Wildman–Crippen MR) is 129 cm³/mol. The Labute approximate surface area is 199 Å². The van der Waals surface area contributed by atoms with Crippen molar-refractivity contribution in [2.45, 2.75) is 18.9 Å². The number of pyridine rings is 1. The second kappa shape index (κ2) is 9.27. The van der Waals surface area contributed by atoms with Gasteiger partial charge in [-0.15, -0.1) is 11.3 Å². The van der Waals surface area contributed by atoms with Crippen LogP contribution in [0.1, 0.15) is 22.6 Å². The van der Waals surface area contributed by atoms with Gasteiger partial charge < -0.3 is 20.1 Å². The minimum atomic E-state index is -0.412. The third-order valence-electron chi connectivity index (χ3n) is 5.75. The smallest absolute Gasteiger partial charge is 0.334 e. The van der Waals surface area contributed by atoms with Crippen LogP contribution in [-0.4, -0.2) is 51.3 Å². The highest BCUT2D eigenvalue weighted by Crippen LogP contribution is 2.26. The molecular weight excluding hydrogens is 456 g/mol. The molecule has 1 fully saturated rings. The number of ether oxygens (including phenoxy) is 2. The maximum Gasteiger partial charge on any atom is 0.334 e. The first kappa shape index (κ1) is 22.1. The lowest BCUT2D eigenvalue weighted by Crippen LogP contribution is -2.37. The first-order valence-corrected chi connectivity index (χ1v) is 11.8. The number of anilines is 1. The number of hydrogen-bond donors (Lipinski definition) is 2. The zero-order valence-electron chi connectivity index (χ0n) is 18.8. The summed E-state index contributed by atoms with van der Waals surface area (Å²) in [5.74, 6) is 1.15. The summed E-state index contributed by atoms with van der Waals surface area (Å²) < 4.78 is 14.5. The lowest BCUT2D eigenvalue weighted by atomic mass is 10.1. The van der Waals surface area contributed by atoms with Crippen LogP contribution in [-0.2, 0) is 7.05 Å².